The molecule has 0 heterocycles. The highest BCUT2D eigenvalue weighted by molar-refractivity contribution is 8.16. The minimum atomic E-state index is 0.180. The predicted octanol–water partition coefficient (Wildman–Crippen LogP) is 4.89. The minimum absolute atomic E-state index is 0.180. The molecule has 0 aromatic heterocycles. The molecule has 0 saturated carbocycles. The first-order valence-corrected chi connectivity index (χ1v) is 8.04. The zero-order valence-electron chi connectivity index (χ0n) is 10.9. The molecule has 2 unspecified atom stereocenters. The second-order valence-electron chi connectivity index (χ2n) is 4.70. The van der Waals surface area contributed by atoms with Crippen LogP contribution in [0.2, 0.25) is 0 Å². The average molecular weight is 266 g/mol. The second-order valence-corrected chi connectivity index (χ2v) is 6.97. The molecule has 96 valence electrons. The third kappa shape index (κ3) is 2.87. The fraction of sp³-hybridized carbons (Fsp3) is 0.167. The van der Waals surface area contributed by atoms with E-state index in [0.29, 0.717) is 5.25 Å². The van der Waals surface area contributed by atoms with Crippen LogP contribution in [0.3, 0.4) is 0 Å². The highest BCUT2D eigenvalue weighted by Crippen LogP contribution is 2.38. The summed E-state index contributed by atoms with van der Waals surface area (Å²) in [5.41, 5.74) is 0. The minimum Gasteiger partial charge on any atom is -0.144 e. The van der Waals surface area contributed by atoms with Crippen LogP contribution in [0.5, 0.6) is 0 Å². The highest BCUT2D eigenvalue weighted by Gasteiger charge is 2.15. The molecule has 1 aromatic carbocycles. The van der Waals surface area contributed by atoms with Crippen molar-refractivity contribution < 1.29 is 0 Å². The van der Waals surface area contributed by atoms with Crippen LogP contribution in [0.1, 0.15) is 12.8 Å². The summed E-state index contributed by atoms with van der Waals surface area (Å²) in [6.07, 6.45) is 20.1. The fourth-order valence-electron chi connectivity index (χ4n) is 2.48. The van der Waals surface area contributed by atoms with Crippen molar-refractivity contribution in [3.05, 3.63) is 78.9 Å². The van der Waals surface area contributed by atoms with Crippen LogP contribution in [0.4, 0.5) is 0 Å². The molecule has 0 spiro atoms. The Morgan fingerprint density at radius 2 is 1.74 bits per heavy atom. The molecule has 0 saturated heterocycles. The van der Waals surface area contributed by atoms with Crippen LogP contribution in [0.15, 0.2) is 83.8 Å². The van der Waals surface area contributed by atoms with E-state index in [1.54, 1.807) is 4.86 Å². The maximum absolute atomic E-state index is 2.37. The van der Waals surface area contributed by atoms with Gasteiger partial charge in [0.15, 0.2) is 0 Å². The third-order valence-electron chi connectivity index (χ3n) is 3.37. The summed E-state index contributed by atoms with van der Waals surface area (Å²) < 4.78 is 0. The first kappa shape index (κ1) is 12.4. The SMILES string of the molecule is C1=CC/C(=S(/c2ccccc2)C2C=CC=CC2)C=C1. The van der Waals surface area contributed by atoms with Crippen molar-refractivity contribution >= 4 is 15.3 Å². The van der Waals surface area contributed by atoms with Crippen LogP contribution in [-0.4, -0.2) is 10.1 Å². The quantitative estimate of drug-likeness (QED) is 0.669. The van der Waals surface area contributed by atoms with Crippen molar-refractivity contribution in [3.8, 4) is 0 Å². The van der Waals surface area contributed by atoms with Gasteiger partial charge in [-0.1, -0.05) is 66.8 Å². The summed E-state index contributed by atoms with van der Waals surface area (Å²) in [7, 11) is 0.180. The molecule has 0 bridgehead atoms. The number of hydrogen-bond donors (Lipinski definition) is 0. The number of benzene rings is 1. The van der Waals surface area contributed by atoms with Crippen LogP contribution in [0, 0.1) is 0 Å². The van der Waals surface area contributed by atoms with Gasteiger partial charge in [-0.3, -0.25) is 0 Å². The molecule has 0 nitrogen and oxygen atoms in total. The van der Waals surface area contributed by atoms with Crippen molar-refractivity contribution in [2.24, 2.45) is 0 Å². The molecule has 2 aliphatic carbocycles. The van der Waals surface area contributed by atoms with Crippen molar-refractivity contribution in [1.29, 1.82) is 0 Å². The maximum Gasteiger partial charge on any atom is 0.0261 e. The summed E-state index contributed by atoms with van der Waals surface area (Å²) in [5.74, 6) is 0. The standard InChI is InChI=1S/C18H18S/c1-4-10-16(11-5-1)19(17-12-6-2-7-13-17)18-14-8-3-9-15-18/h1-12,14,17H,13,15H2. The molecule has 0 N–H and O–H groups in total. The van der Waals surface area contributed by atoms with Crippen LogP contribution in [-0.2, 0) is 0 Å². The molecule has 1 heteroatoms. The lowest BCUT2D eigenvalue weighted by atomic mass is 10.2. The molecule has 1 aromatic rings. The Kier molecular flexibility index (Phi) is 3.95. The Bertz CT molecular complexity index is 585. The Morgan fingerprint density at radius 3 is 2.42 bits per heavy atom. The lowest BCUT2D eigenvalue weighted by molar-refractivity contribution is 1.05. The van der Waals surface area contributed by atoms with E-state index in [2.05, 4.69) is 78.9 Å². The zero-order valence-corrected chi connectivity index (χ0v) is 11.7. The Hall–Kier alpha value is -1.60. The third-order valence-corrected chi connectivity index (χ3v) is 5.97. The first-order chi connectivity index (χ1) is 9.45. The molecule has 3 rings (SSSR count). The van der Waals surface area contributed by atoms with Gasteiger partial charge >= 0.3 is 0 Å². The topological polar surface area (TPSA) is 0 Å². The van der Waals surface area contributed by atoms with Crippen LogP contribution in [0.25, 0.3) is 0 Å². The van der Waals surface area contributed by atoms with E-state index in [1.165, 1.54) is 4.90 Å². The van der Waals surface area contributed by atoms with Gasteiger partial charge in [-0.25, -0.2) is 0 Å². The highest BCUT2D eigenvalue weighted by atomic mass is 32.2. The molecule has 2 atom stereocenters. The van der Waals surface area contributed by atoms with Crippen molar-refractivity contribution in [2.75, 3.05) is 0 Å². The number of hydrogen-bond acceptors (Lipinski definition) is 0. The van der Waals surface area contributed by atoms with Crippen LogP contribution < -0.4 is 0 Å². The average Bonchev–Trinajstić information content (AvgIpc) is 2.51. The van der Waals surface area contributed by atoms with Gasteiger partial charge in [0, 0.05) is 10.1 Å². The van der Waals surface area contributed by atoms with Crippen molar-refractivity contribution in [2.45, 2.75) is 23.0 Å². The monoisotopic (exact) mass is 266 g/mol. The van der Waals surface area contributed by atoms with E-state index in [0.717, 1.165) is 12.8 Å². The van der Waals surface area contributed by atoms with Crippen molar-refractivity contribution in [3.63, 3.8) is 0 Å². The second kappa shape index (κ2) is 6.03. The summed E-state index contributed by atoms with van der Waals surface area (Å²) in [5, 5.41) is 0.610. The van der Waals surface area contributed by atoms with E-state index in [9.17, 15) is 0 Å². The van der Waals surface area contributed by atoms with E-state index >= 15 is 0 Å². The van der Waals surface area contributed by atoms with Gasteiger partial charge in [-0.15, -0.1) is 10.5 Å². The predicted molar refractivity (Wildman–Crippen MR) is 86.9 cm³/mol. The van der Waals surface area contributed by atoms with Gasteiger partial charge < -0.3 is 0 Å². The zero-order chi connectivity index (χ0) is 12.9. The summed E-state index contributed by atoms with van der Waals surface area (Å²) in [6, 6.07) is 11.0. The molecule has 19 heavy (non-hydrogen) atoms. The largest absolute Gasteiger partial charge is 0.144 e. The fourth-order valence-corrected chi connectivity index (χ4v) is 5.02. The summed E-state index contributed by atoms with van der Waals surface area (Å²) >= 11 is 0. The van der Waals surface area contributed by atoms with Crippen molar-refractivity contribution in [1.82, 2.24) is 0 Å². The summed E-state index contributed by atoms with van der Waals surface area (Å²) in [6.45, 7) is 0. The molecular weight excluding hydrogens is 248 g/mol. The Labute approximate surface area is 117 Å². The molecule has 2 aliphatic rings. The summed E-state index contributed by atoms with van der Waals surface area (Å²) in [4.78, 5) is 3.01. The molecule has 0 amide bonds. The first-order valence-electron chi connectivity index (χ1n) is 6.75. The Morgan fingerprint density at radius 1 is 0.895 bits per heavy atom. The van der Waals surface area contributed by atoms with Gasteiger partial charge in [-0.05, 0) is 29.8 Å². The van der Waals surface area contributed by atoms with E-state index in [-0.39, 0.29) is 10.5 Å². The smallest absolute Gasteiger partial charge is 0.0261 e. The van der Waals surface area contributed by atoms with E-state index < -0.39 is 0 Å². The Balaban J connectivity index is 2.06. The normalized spacial score (nSPS) is 24.6. The molecule has 0 aliphatic heterocycles. The van der Waals surface area contributed by atoms with E-state index in [1.807, 2.05) is 0 Å². The number of allylic oxidation sites excluding steroid dienone is 7. The van der Waals surface area contributed by atoms with Gasteiger partial charge in [0.2, 0.25) is 0 Å². The maximum atomic E-state index is 2.37. The van der Waals surface area contributed by atoms with Gasteiger partial charge in [0.05, 0.1) is 0 Å². The molecule has 0 radical (unpaired) electrons. The number of rotatable bonds is 2. The molecular formula is C18H18S. The van der Waals surface area contributed by atoms with Gasteiger partial charge in [-0.2, -0.15) is 0 Å². The van der Waals surface area contributed by atoms with Gasteiger partial charge in [0.25, 0.3) is 0 Å². The van der Waals surface area contributed by atoms with Gasteiger partial charge in [0.1, 0.15) is 0 Å². The lowest BCUT2D eigenvalue weighted by Crippen LogP contribution is -2.08. The molecule has 0 fully saturated rings. The van der Waals surface area contributed by atoms with Crippen LogP contribution >= 0.6 is 10.5 Å². The van der Waals surface area contributed by atoms with E-state index in [4.69, 9.17) is 0 Å². The lowest BCUT2D eigenvalue weighted by Gasteiger charge is -2.23.